The van der Waals surface area contributed by atoms with Gasteiger partial charge in [0.15, 0.2) is 0 Å². The molecule has 2 saturated heterocycles. The number of nitrogens with one attached hydrogen (secondary N) is 5. The summed E-state index contributed by atoms with van der Waals surface area (Å²) < 4.78 is 0. The molecule has 2 fully saturated rings. The fraction of sp³-hybridized carbons (Fsp3) is 0.793. The molecule has 0 amide bonds. The molecule has 36 heavy (non-hydrogen) atoms. The third kappa shape index (κ3) is 14.0. The van der Waals surface area contributed by atoms with Crippen LogP contribution < -0.4 is 26.6 Å². The van der Waals surface area contributed by atoms with Crippen LogP contribution in [0, 0.1) is 0 Å². The average molecular weight is 502 g/mol. The first-order valence-electron chi connectivity index (χ1n) is 15.0. The maximum Gasteiger partial charge on any atom is 0.0234 e. The molecule has 2 aliphatic heterocycles. The van der Waals surface area contributed by atoms with E-state index in [-0.39, 0.29) is 0 Å². The van der Waals surface area contributed by atoms with E-state index in [1.807, 2.05) is 0 Å². The van der Waals surface area contributed by atoms with Gasteiger partial charge in [0.05, 0.1) is 0 Å². The van der Waals surface area contributed by atoms with Crippen LogP contribution in [0.15, 0.2) is 24.3 Å². The summed E-state index contributed by atoms with van der Waals surface area (Å²) in [5.74, 6) is 0. The summed E-state index contributed by atoms with van der Waals surface area (Å²) in [6.07, 6.45) is 8.97. The lowest BCUT2D eigenvalue weighted by Gasteiger charge is -2.24. The van der Waals surface area contributed by atoms with Crippen molar-refractivity contribution >= 4 is 0 Å². The highest BCUT2D eigenvalue weighted by Gasteiger charge is 2.09. The second-order valence-corrected chi connectivity index (χ2v) is 10.6. The fourth-order valence-electron chi connectivity index (χ4n) is 5.15. The molecule has 0 unspecified atom stereocenters. The molecule has 0 aliphatic carbocycles. The Kier molecular flexibility index (Phi) is 16.4. The number of hydrogen-bond acceptors (Lipinski definition) is 7. The zero-order valence-corrected chi connectivity index (χ0v) is 23.0. The van der Waals surface area contributed by atoms with Crippen LogP contribution in [-0.2, 0) is 13.1 Å². The molecular weight excluding hydrogens is 446 g/mol. The SMILES string of the molecule is c1cc(CN2CCCNCCNCCCNCC2)ccc1CN1CCCCCCNCCNCCC1. The Morgan fingerprint density at radius 1 is 0.389 bits per heavy atom. The first-order chi connectivity index (χ1) is 17.9. The Morgan fingerprint density at radius 3 is 1.39 bits per heavy atom. The van der Waals surface area contributed by atoms with Gasteiger partial charge in [0, 0.05) is 52.4 Å². The Labute approximate surface area is 221 Å². The van der Waals surface area contributed by atoms with Gasteiger partial charge in [-0.25, -0.2) is 0 Å². The van der Waals surface area contributed by atoms with Crippen molar-refractivity contribution in [2.45, 2.75) is 58.0 Å². The topological polar surface area (TPSA) is 66.6 Å². The standard InChI is InChI=1S/C29H55N7/c1-2-4-22-35(23-6-15-32-19-17-30-12-3-1)26-28-8-10-29(11-9-28)27-36-24-7-16-33-20-18-31-13-5-14-34-21-25-36/h8-11,30-34H,1-7,12-27H2. The largest absolute Gasteiger partial charge is 0.315 e. The molecule has 0 radical (unpaired) electrons. The van der Waals surface area contributed by atoms with E-state index in [0.29, 0.717) is 0 Å². The third-order valence-electron chi connectivity index (χ3n) is 7.34. The van der Waals surface area contributed by atoms with Crippen molar-refractivity contribution in [3.63, 3.8) is 0 Å². The van der Waals surface area contributed by atoms with Gasteiger partial charge >= 0.3 is 0 Å². The number of rotatable bonds is 4. The van der Waals surface area contributed by atoms with Crippen LogP contribution in [0.5, 0.6) is 0 Å². The predicted molar refractivity (Wildman–Crippen MR) is 154 cm³/mol. The van der Waals surface area contributed by atoms with Crippen LogP contribution in [0.2, 0.25) is 0 Å². The monoisotopic (exact) mass is 501 g/mol. The van der Waals surface area contributed by atoms with E-state index >= 15 is 0 Å². The summed E-state index contributed by atoms with van der Waals surface area (Å²) in [6.45, 7) is 17.8. The Morgan fingerprint density at radius 2 is 0.806 bits per heavy atom. The smallest absolute Gasteiger partial charge is 0.0234 e. The van der Waals surface area contributed by atoms with Crippen LogP contribution in [0.1, 0.15) is 56.1 Å². The fourth-order valence-corrected chi connectivity index (χ4v) is 5.15. The number of benzene rings is 1. The maximum absolute atomic E-state index is 3.63. The van der Waals surface area contributed by atoms with E-state index in [9.17, 15) is 0 Å². The summed E-state index contributed by atoms with van der Waals surface area (Å²) in [6, 6.07) is 9.50. The lowest BCUT2D eigenvalue weighted by Crippen LogP contribution is -2.36. The second kappa shape index (κ2) is 20.0. The zero-order chi connectivity index (χ0) is 24.9. The van der Waals surface area contributed by atoms with Gasteiger partial charge in [-0.2, -0.15) is 0 Å². The minimum Gasteiger partial charge on any atom is -0.315 e. The zero-order valence-electron chi connectivity index (χ0n) is 23.0. The maximum atomic E-state index is 3.63. The second-order valence-electron chi connectivity index (χ2n) is 10.6. The molecule has 2 heterocycles. The van der Waals surface area contributed by atoms with Gasteiger partial charge in [0.1, 0.15) is 0 Å². The van der Waals surface area contributed by atoms with E-state index in [1.54, 1.807) is 0 Å². The minimum atomic E-state index is 1.05. The van der Waals surface area contributed by atoms with Crippen molar-refractivity contribution < 1.29 is 0 Å². The molecule has 0 atom stereocenters. The Bertz CT molecular complexity index is 556. The van der Waals surface area contributed by atoms with Crippen LogP contribution >= 0.6 is 0 Å². The lowest BCUT2D eigenvalue weighted by molar-refractivity contribution is 0.253. The van der Waals surface area contributed by atoms with Crippen LogP contribution in [0.25, 0.3) is 0 Å². The van der Waals surface area contributed by atoms with Crippen LogP contribution in [-0.4, -0.2) is 101 Å². The van der Waals surface area contributed by atoms with Crippen molar-refractivity contribution in [2.75, 3.05) is 91.6 Å². The quantitative estimate of drug-likeness (QED) is 0.432. The van der Waals surface area contributed by atoms with Gasteiger partial charge in [0.2, 0.25) is 0 Å². The Balaban J connectivity index is 1.45. The minimum absolute atomic E-state index is 1.05. The first-order valence-corrected chi connectivity index (χ1v) is 15.0. The van der Waals surface area contributed by atoms with Gasteiger partial charge < -0.3 is 26.6 Å². The van der Waals surface area contributed by atoms with Gasteiger partial charge in [0.25, 0.3) is 0 Å². The van der Waals surface area contributed by atoms with Crippen molar-refractivity contribution in [3.05, 3.63) is 35.4 Å². The van der Waals surface area contributed by atoms with Gasteiger partial charge in [-0.15, -0.1) is 0 Å². The van der Waals surface area contributed by atoms with E-state index < -0.39 is 0 Å². The molecule has 2 aliphatic rings. The van der Waals surface area contributed by atoms with Crippen molar-refractivity contribution in [2.24, 2.45) is 0 Å². The Hall–Kier alpha value is -1.06. The molecule has 5 N–H and O–H groups in total. The molecule has 1 aromatic carbocycles. The summed E-state index contributed by atoms with van der Waals surface area (Å²) >= 11 is 0. The normalized spacial score (nSPS) is 22.9. The van der Waals surface area contributed by atoms with E-state index in [2.05, 4.69) is 60.6 Å². The van der Waals surface area contributed by atoms with Crippen molar-refractivity contribution in [3.8, 4) is 0 Å². The summed E-state index contributed by atoms with van der Waals surface area (Å²) in [7, 11) is 0. The van der Waals surface area contributed by atoms with Crippen molar-refractivity contribution in [1.82, 2.24) is 36.4 Å². The van der Waals surface area contributed by atoms with Crippen LogP contribution in [0.3, 0.4) is 0 Å². The molecule has 0 aromatic heterocycles. The summed E-state index contributed by atoms with van der Waals surface area (Å²) in [5.41, 5.74) is 2.90. The lowest BCUT2D eigenvalue weighted by atomic mass is 10.1. The molecule has 0 bridgehead atoms. The van der Waals surface area contributed by atoms with E-state index in [0.717, 1.165) is 85.1 Å². The molecule has 206 valence electrons. The molecule has 0 saturated carbocycles. The molecule has 0 spiro atoms. The molecule has 7 nitrogen and oxygen atoms in total. The van der Waals surface area contributed by atoms with Crippen molar-refractivity contribution in [1.29, 1.82) is 0 Å². The number of nitrogens with zero attached hydrogens (tertiary/aromatic N) is 2. The molecule has 3 rings (SSSR count). The summed E-state index contributed by atoms with van der Waals surface area (Å²) in [5, 5.41) is 17.9. The third-order valence-corrected chi connectivity index (χ3v) is 7.34. The summed E-state index contributed by atoms with van der Waals surface area (Å²) in [4.78, 5) is 5.30. The highest BCUT2D eigenvalue weighted by atomic mass is 15.1. The van der Waals surface area contributed by atoms with E-state index in [1.165, 1.54) is 75.7 Å². The van der Waals surface area contributed by atoms with Gasteiger partial charge in [-0.3, -0.25) is 9.80 Å². The first kappa shape index (κ1) is 29.5. The molecule has 7 heteroatoms. The highest BCUT2D eigenvalue weighted by molar-refractivity contribution is 5.22. The van der Waals surface area contributed by atoms with E-state index in [4.69, 9.17) is 0 Å². The predicted octanol–water partition coefficient (Wildman–Crippen LogP) is 2.00. The highest BCUT2D eigenvalue weighted by Crippen LogP contribution is 2.12. The van der Waals surface area contributed by atoms with Gasteiger partial charge in [-0.05, 0) is 95.6 Å². The molecule has 1 aromatic rings. The number of hydrogen-bond donors (Lipinski definition) is 5. The van der Waals surface area contributed by atoms with Gasteiger partial charge in [-0.1, -0.05) is 37.1 Å². The van der Waals surface area contributed by atoms with Crippen LogP contribution in [0.4, 0.5) is 0 Å². The average Bonchev–Trinajstić information content (AvgIpc) is 2.89. The molecular formula is C29H55N7.